The molecule has 0 spiro atoms. The first-order chi connectivity index (χ1) is 9.41. The van der Waals surface area contributed by atoms with Crippen molar-refractivity contribution in [3.05, 3.63) is 0 Å². The van der Waals surface area contributed by atoms with Crippen molar-refractivity contribution in [3.8, 4) is 0 Å². The van der Waals surface area contributed by atoms with Crippen LogP contribution >= 0.6 is 0 Å². The maximum Gasteiger partial charge on any atom is 0.303 e. The third-order valence-corrected chi connectivity index (χ3v) is 1.37. The van der Waals surface area contributed by atoms with Gasteiger partial charge in [0.1, 0.15) is 12.7 Å². The van der Waals surface area contributed by atoms with Gasteiger partial charge in [-0.05, 0) is 14.1 Å². The minimum atomic E-state index is -0.397. The number of rotatable bonds is 5. The molecule has 20 heavy (non-hydrogen) atoms. The topological polar surface area (TPSA) is 55.8 Å². The number of carbonyl (C=O) groups is 2. The van der Waals surface area contributed by atoms with Crippen LogP contribution in [-0.2, 0) is 19.1 Å². The molecule has 0 bridgehead atoms. The van der Waals surface area contributed by atoms with Crippen molar-refractivity contribution >= 4 is 11.9 Å². The van der Waals surface area contributed by atoms with Crippen molar-refractivity contribution in [1.82, 2.24) is 4.90 Å². The summed E-state index contributed by atoms with van der Waals surface area (Å²) in [6, 6.07) is 0. The molecule has 5 heteroatoms. The first-order valence-electron chi connectivity index (χ1n) is 7.37. The van der Waals surface area contributed by atoms with Crippen molar-refractivity contribution in [2.75, 3.05) is 27.2 Å². The first kappa shape index (κ1) is 27.3. The average Bonchev–Trinajstić information content (AvgIpc) is 2.41. The number of esters is 2. The van der Waals surface area contributed by atoms with Gasteiger partial charge >= 0.3 is 11.9 Å². The zero-order valence-electron chi connectivity index (χ0n) is 15.1. The summed E-state index contributed by atoms with van der Waals surface area (Å²) in [5.74, 6) is -0.745. The Bertz CT molecular complexity index is 206. The smallest absolute Gasteiger partial charge is 0.303 e. The summed E-state index contributed by atoms with van der Waals surface area (Å²) in [6.45, 7) is 15.3. The maximum atomic E-state index is 10.7. The molecule has 0 heterocycles. The Morgan fingerprint density at radius 2 is 1.30 bits per heavy atom. The zero-order chi connectivity index (χ0) is 17.1. The Morgan fingerprint density at radius 1 is 0.900 bits per heavy atom. The molecule has 0 aromatic rings. The van der Waals surface area contributed by atoms with Crippen LogP contribution in [0.25, 0.3) is 0 Å². The Hall–Kier alpha value is -1.10. The number of nitrogens with zero attached hydrogens (tertiary/aromatic N) is 1. The molecule has 1 atom stereocenters. The summed E-state index contributed by atoms with van der Waals surface area (Å²) in [6.07, 6.45) is -0.397. The van der Waals surface area contributed by atoms with Gasteiger partial charge in [0.2, 0.25) is 0 Å². The van der Waals surface area contributed by atoms with E-state index in [2.05, 4.69) is 0 Å². The van der Waals surface area contributed by atoms with Gasteiger partial charge in [0, 0.05) is 20.4 Å². The van der Waals surface area contributed by atoms with Gasteiger partial charge in [0.15, 0.2) is 0 Å². The van der Waals surface area contributed by atoms with Crippen molar-refractivity contribution in [2.24, 2.45) is 0 Å². The molecule has 0 aliphatic rings. The van der Waals surface area contributed by atoms with Crippen LogP contribution in [-0.4, -0.2) is 50.2 Å². The second-order valence-corrected chi connectivity index (χ2v) is 3.30. The lowest BCUT2D eigenvalue weighted by atomic mass is 10.3. The van der Waals surface area contributed by atoms with E-state index in [0.717, 1.165) is 0 Å². The number of hydrogen-bond donors (Lipinski definition) is 0. The molecule has 0 N–H and O–H groups in total. The Morgan fingerprint density at radius 3 is 1.55 bits per heavy atom. The fourth-order valence-electron chi connectivity index (χ4n) is 0.976. The van der Waals surface area contributed by atoms with Crippen molar-refractivity contribution in [3.63, 3.8) is 0 Å². The molecular weight excluding hydrogens is 258 g/mol. The van der Waals surface area contributed by atoms with Gasteiger partial charge in [0.05, 0.1) is 0 Å². The highest BCUT2D eigenvalue weighted by molar-refractivity contribution is 5.67. The minimum Gasteiger partial charge on any atom is -0.462 e. The van der Waals surface area contributed by atoms with Gasteiger partial charge < -0.3 is 14.4 Å². The molecule has 0 aliphatic heterocycles. The fraction of sp³-hybridized carbons (Fsp3) is 0.867. The molecular formula is C15H35NO4. The van der Waals surface area contributed by atoms with E-state index < -0.39 is 6.10 Å². The molecule has 0 amide bonds. The van der Waals surface area contributed by atoms with Crippen LogP contribution in [0.4, 0.5) is 0 Å². The summed E-state index contributed by atoms with van der Waals surface area (Å²) >= 11 is 0. The fourth-order valence-corrected chi connectivity index (χ4v) is 0.976. The summed E-state index contributed by atoms with van der Waals surface area (Å²) in [4.78, 5) is 23.1. The van der Waals surface area contributed by atoms with Crippen molar-refractivity contribution in [2.45, 2.75) is 61.5 Å². The summed E-state index contributed by atoms with van der Waals surface area (Å²) in [5, 5.41) is 0. The lowest BCUT2D eigenvalue weighted by molar-refractivity contribution is -0.157. The van der Waals surface area contributed by atoms with E-state index in [1.165, 1.54) is 13.8 Å². The SMILES string of the molecule is CC.CC.CC.CC(=O)OCC(CN(C)C)OC(C)=O. The predicted octanol–water partition coefficient (Wildman–Crippen LogP) is 3.12. The Balaban J connectivity index is -0.000000187. The molecule has 0 saturated heterocycles. The number of hydrogen-bond acceptors (Lipinski definition) is 5. The van der Waals surface area contributed by atoms with Crippen LogP contribution in [0.3, 0.4) is 0 Å². The second-order valence-electron chi connectivity index (χ2n) is 3.30. The third-order valence-electron chi connectivity index (χ3n) is 1.37. The highest BCUT2D eigenvalue weighted by Crippen LogP contribution is 1.96. The van der Waals surface area contributed by atoms with E-state index in [1.54, 1.807) is 0 Å². The molecule has 0 radical (unpaired) electrons. The monoisotopic (exact) mass is 293 g/mol. The Labute approximate surface area is 125 Å². The van der Waals surface area contributed by atoms with Crippen molar-refractivity contribution < 1.29 is 19.1 Å². The number of ether oxygens (including phenoxy) is 2. The highest BCUT2D eigenvalue weighted by atomic mass is 16.6. The number of likely N-dealkylation sites (N-methyl/N-ethyl adjacent to an activating group) is 1. The van der Waals surface area contributed by atoms with Crippen LogP contribution in [0.1, 0.15) is 55.4 Å². The summed E-state index contributed by atoms with van der Waals surface area (Å²) in [7, 11) is 3.70. The van der Waals surface area contributed by atoms with Gasteiger partial charge in [-0.2, -0.15) is 0 Å². The highest BCUT2D eigenvalue weighted by Gasteiger charge is 2.14. The van der Waals surface area contributed by atoms with E-state index in [1.807, 2.05) is 60.5 Å². The second kappa shape index (κ2) is 23.0. The minimum absolute atomic E-state index is 0.104. The van der Waals surface area contributed by atoms with Crippen LogP contribution in [0.2, 0.25) is 0 Å². The standard InChI is InChI=1S/C9H17NO4.3C2H6/c1-7(11)13-6-9(5-10(3)4)14-8(2)12;3*1-2/h9H,5-6H2,1-4H3;3*1-2H3. The lowest BCUT2D eigenvalue weighted by Gasteiger charge is -2.20. The van der Waals surface area contributed by atoms with Gasteiger partial charge in [-0.1, -0.05) is 41.5 Å². The molecule has 5 nitrogen and oxygen atoms in total. The van der Waals surface area contributed by atoms with Crippen LogP contribution in [0, 0.1) is 0 Å². The molecule has 0 aliphatic carbocycles. The molecule has 1 unspecified atom stereocenters. The van der Waals surface area contributed by atoms with Gasteiger partial charge in [-0.25, -0.2) is 0 Å². The molecule has 0 aromatic heterocycles. The molecule has 0 fully saturated rings. The summed E-state index contributed by atoms with van der Waals surface area (Å²) in [5.41, 5.74) is 0. The van der Waals surface area contributed by atoms with E-state index in [4.69, 9.17) is 9.47 Å². The van der Waals surface area contributed by atoms with Gasteiger partial charge in [-0.15, -0.1) is 0 Å². The van der Waals surface area contributed by atoms with E-state index >= 15 is 0 Å². The zero-order valence-corrected chi connectivity index (χ0v) is 15.1. The normalized spacial score (nSPS) is 9.55. The van der Waals surface area contributed by atoms with Gasteiger partial charge in [-0.3, -0.25) is 9.59 Å². The first-order valence-corrected chi connectivity index (χ1v) is 7.37. The molecule has 0 saturated carbocycles. The van der Waals surface area contributed by atoms with Crippen LogP contribution in [0.5, 0.6) is 0 Å². The third kappa shape index (κ3) is 30.2. The lowest BCUT2D eigenvalue weighted by Crippen LogP contribution is -2.34. The van der Waals surface area contributed by atoms with Crippen molar-refractivity contribution in [1.29, 1.82) is 0 Å². The largest absolute Gasteiger partial charge is 0.462 e. The Kier molecular flexibility index (Phi) is 31.4. The molecule has 0 rings (SSSR count). The van der Waals surface area contributed by atoms with E-state index in [0.29, 0.717) is 6.54 Å². The van der Waals surface area contributed by atoms with E-state index in [9.17, 15) is 9.59 Å². The quantitative estimate of drug-likeness (QED) is 0.729. The van der Waals surface area contributed by atoms with E-state index in [-0.39, 0.29) is 18.5 Å². The van der Waals surface area contributed by atoms with Gasteiger partial charge in [0.25, 0.3) is 0 Å². The predicted molar refractivity (Wildman–Crippen MR) is 84.8 cm³/mol. The average molecular weight is 293 g/mol. The van der Waals surface area contributed by atoms with Crippen LogP contribution in [0.15, 0.2) is 0 Å². The molecule has 0 aromatic carbocycles. The number of carbonyl (C=O) groups excluding carboxylic acids is 2. The van der Waals surface area contributed by atoms with Crippen LogP contribution < -0.4 is 0 Å². The maximum absolute atomic E-state index is 10.7. The molecule has 124 valence electrons. The summed E-state index contributed by atoms with van der Waals surface area (Å²) < 4.78 is 9.72.